The third-order valence-electron chi connectivity index (χ3n) is 5.61. The third kappa shape index (κ3) is 5.99. The predicted molar refractivity (Wildman–Crippen MR) is 86.9 cm³/mol. The van der Waals surface area contributed by atoms with Gasteiger partial charge in [0.15, 0.2) is 0 Å². The van der Waals surface area contributed by atoms with Gasteiger partial charge in [-0.3, -0.25) is 0 Å². The van der Waals surface area contributed by atoms with Crippen molar-refractivity contribution >= 4 is 0 Å². The minimum absolute atomic E-state index is 0.319. The molecule has 0 aromatic carbocycles. The highest BCUT2D eigenvalue weighted by Crippen LogP contribution is 2.32. The van der Waals surface area contributed by atoms with Crippen LogP contribution < -0.4 is 0 Å². The van der Waals surface area contributed by atoms with E-state index in [4.69, 9.17) is 10.00 Å². The summed E-state index contributed by atoms with van der Waals surface area (Å²) in [5.74, 6) is 2.01. The molecule has 0 atom stereocenters. The summed E-state index contributed by atoms with van der Waals surface area (Å²) in [7, 11) is 0. The summed E-state index contributed by atoms with van der Waals surface area (Å²) in [5.41, 5.74) is 0. The molecule has 2 rings (SSSR count). The van der Waals surface area contributed by atoms with E-state index in [2.05, 4.69) is 13.0 Å². The van der Waals surface area contributed by atoms with Gasteiger partial charge in [-0.15, -0.1) is 0 Å². The minimum Gasteiger partial charge on any atom is -0.378 e. The summed E-state index contributed by atoms with van der Waals surface area (Å²) < 4.78 is 6.18. The summed E-state index contributed by atoms with van der Waals surface area (Å²) >= 11 is 0. The average Bonchev–Trinajstić information content (AvgIpc) is 2.55. The Morgan fingerprint density at radius 1 is 0.905 bits per heavy atom. The van der Waals surface area contributed by atoms with Gasteiger partial charge in [-0.2, -0.15) is 5.26 Å². The molecule has 0 saturated heterocycles. The molecular weight excluding hydrogens is 258 g/mol. The molecule has 21 heavy (non-hydrogen) atoms. The standard InChI is InChI=1S/C19H33NO/c1-2-3-4-5-16-10-12-19(13-11-16)21-15-18-8-6-17(14-20)7-9-18/h16-19H,2-13,15H2,1H3. The average molecular weight is 291 g/mol. The molecule has 0 unspecified atom stereocenters. The van der Waals surface area contributed by atoms with E-state index in [1.165, 1.54) is 64.2 Å². The molecule has 0 bridgehead atoms. The number of hydrogen-bond donors (Lipinski definition) is 0. The first-order valence-corrected chi connectivity index (χ1v) is 9.33. The molecule has 0 aromatic heterocycles. The van der Waals surface area contributed by atoms with Gasteiger partial charge in [-0.05, 0) is 63.2 Å². The highest BCUT2D eigenvalue weighted by molar-refractivity contribution is 4.87. The van der Waals surface area contributed by atoms with Crippen LogP contribution in [0.4, 0.5) is 0 Å². The Bertz CT molecular complexity index is 306. The zero-order valence-corrected chi connectivity index (χ0v) is 13.9. The fourth-order valence-electron chi connectivity index (χ4n) is 4.00. The molecule has 2 nitrogen and oxygen atoms in total. The van der Waals surface area contributed by atoms with E-state index in [0.29, 0.717) is 12.0 Å². The van der Waals surface area contributed by atoms with Crippen LogP contribution in [-0.4, -0.2) is 12.7 Å². The maximum atomic E-state index is 8.93. The van der Waals surface area contributed by atoms with Crippen LogP contribution in [0, 0.1) is 29.1 Å². The molecule has 0 N–H and O–H groups in total. The number of hydrogen-bond acceptors (Lipinski definition) is 2. The lowest BCUT2D eigenvalue weighted by atomic mass is 9.82. The Kier molecular flexibility index (Phi) is 7.58. The Morgan fingerprint density at radius 2 is 1.57 bits per heavy atom. The Morgan fingerprint density at radius 3 is 2.19 bits per heavy atom. The lowest BCUT2D eigenvalue weighted by molar-refractivity contribution is -0.00894. The number of rotatable bonds is 7. The van der Waals surface area contributed by atoms with Gasteiger partial charge in [-0.25, -0.2) is 0 Å². The van der Waals surface area contributed by atoms with Gasteiger partial charge in [0.1, 0.15) is 0 Å². The molecule has 0 aliphatic heterocycles. The van der Waals surface area contributed by atoms with Crippen LogP contribution in [0.25, 0.3) is 0 Å². The number of unbranched alkanes of at least 4 members (excludes halogenated alkanes) is 2. The predicted octanol–water partition coefficient (Wildman–Crippen LogP) is 5.47. The van der Waals surface area contributed by atoms with E-state index < -0.39 is 0 Å². The quantitative estimate of drug-likeness (QED) is 0.582. The molecular formula is C19H33NO. The largest absolute Gasteiger partial charge is 0.378 e. The van der Waals surface area contributed by atoms with Crippen LogP contribution in [0.15, 0.2) is 0 Å². The summed E-state index contributed by atoms with van der Waals surface area (Å²) in [6, 6.07) is 2.41. The molecule has 0 spiro atoms. The molecule has 2 aliphatic carbocycles. The summed E-state index contributed by atoms with van der Waals surface area (Å²) in [6.07, 6.45) is 16.1. The van der Waals surface area contributed by atoms with Crippen molar-refractivity contribution in [2.24, 2.45) is 17.8 Å². The lowest BCUT2D eigenvalue weighted by Gasteiger charge is -2.31. The SMILES string of the molecule is CCCCCC1CCC(OCC2CCC(C#N)CC2)CC1. The maximum absolute atomic E-state index is 8.93. The van der Waals surface area contributed by atoms with Crippen LogP contribution in [-0.2, 0) is 4.74 Å². The van der Waals surface area contributed by atoms with Crippen molar-refractivity contribution in [2.75, 3.05) is 6.61 Å². The monoisotopic (exact) mass is 291 g/mol. The number of nitrogens with zero attached hydrogens (tertiary/aromatic N) is 1. The van der Waals surface area contributed by atoms with Crippen LogP contribution in [0.1, 0.15) is 84.0 Å². The van der Waals surface area contributed by atoms with Gasteiger partial charge in [0.2, 0.25) is 0 Å². The van der Waals surface area contributed by atoms with Crippen LogP contribution >= 0.6 is 0 Å². The van der Waals surface area contributed by atoms with E-state index in [-0.39, 0.29) is 0 Å². The Labute approximate surface area is 131 Å². The molecule has 0 radical (unpaired) electrons. The highest BCUT2D eigenvalue weighted by Gasteiger charge is 2.24. The molecule has 0 heterocycles. The van der Waals surface area contributed by atoms with Crippen molar-refractivity contribution in [3.05, 3.63) is 0 Å². The smallest absolute Gasteiger partial charge is 0.0655 e. The molecule has 0 amide bonds. The van der Waals surface area contributed by atoms with E-state index >= 15 is 0 Å². The number of ether oxygens (including phenoxy) is 1. The van der Waals surface area contributed by atoms with Crippen molar-refractivity contribution in [3.63, 3.8) is 0 Å². The van der Waals surface area contributed by atoms with Crippen molar-refractivity contribution in [3.8, 4) is 6.07 Å². The second-order valence-corrected chi connectivity index (χ2v) is 7.32. The first-order valence-electron chi connectivity index (χ1n) is 9.33. The van der Waals surface area contributed by atoms with Gasteiger partial charge < -0.3 is 4.74 Å². The van der Waals surface area contributed by atoms with E-state index in [1.807, 2.05) is 0 Å². The van der Waals surface area contributed by atoms with E-state index in [0.717, 1.165) is 31.3 Å². The van der Waals surface area contributed by atoms with Crippen molar-refractivity contribution in [1.29, 1.82) is 5.26 Å². The molecule has 2 saturated carbocycles. The van der Waals surface area contributed by atoms with Crippen molar-refractivity contribution in [2.45, 2.75) is 90.1 Å². The lowest BCUT2D eigenvalue weighted by Crippen LogP contribution is -2.26. The molecule has 2 heteroatoms. The molecule has 120 valence electrons. The molecule has 2 aliphatic rings. The van der Waals surface area contributed by atoms with Gasteiger partial charge >= 0.3 is 0 Å². The highest BCUT2D eigenvalue weighted by atomic mass is 16.5. The van der Waals surface area contributed by atoms with Gasteiger partial charge in [0.25, 0.3) is 0 Å². The number of nitriles is 1. The van der Waals surface area contributed by atoms with E-state index in [9.17, 15) is 0 Å². The summed E-state index contributed by atoms with van der Waals surface area (Å²) in [4.78, 5) is 0. The van der Waals surface area contributed by atoms with E-state index in [1.54, 1.807) is 0 Å². The second kappa shape index (κ2) is 9.46. The van der Waals surface area contributed by atoms with Gasteiger partial charge in [0, 0.05) is 12.5 Å². The zero-order valence-electron chi connectivity index (χ0n) is 13.9. The third-order valence-corrected chi connectivity index (χ3v) is 5.61. The summed E-state index contributed by atoms with van der Waals surface area (Å²) in [6.45, 7) is 3.23. The molecule has 2 fully saturated rings. The first kappa shape index (κ1) is 16.8. The fraction of sp³-hybridized carbons (Fsp3) is 0.947. The van der Waals surface area contributed by atoms with Crippen molar-refractivity contribution in [1.82, 2.24) is 0 Å². The Hall–Kier alpha value is -0.550. The van der Waals surface area contributed by atoms with Crippen LogP contribution in [0.5, 0.6) is 0 Å². The van der Waals surface area contributed by atoms with Crippen LogP contribution in [0.2, 0.25) is 0 Å². The van der Waals surface area contributed by atoms with Gasteiger partial charge in [0.05, 0.1) is 12.2 Å². The van der Waals surface area contributed by atoms with Gasteiger partial charge in [-0.1, -0.05) is 32.6 Å². The maximum Gasteiger partial charge on any atom is 0.0655 e. The molecule has 0 aromatic rings. The normalized spacial score (nSPS) is 33.5. The fourth-order valence-corrected chi connectivity index (χ4v) is 4.00. The van der Waals surface area contributed by atoms with Crippen molar-refractivity contribution < 1.29 is 4.74 Å². The second-order valence-electron chi connectivity index (χ2n) is 7.32. The topological polar surface area (TPSA) is 33.0 Å². The Balaban J connectivity index is 1.54. The van der Waals surface area contributed by atoms with Crippen LogP contribution in [0.3, 0.4) is 0 Å². The summed E-state index contributed by atoms with van der Waals surface area (Å²) in [5, 5.41) is 8.93. The zero-order chi connectivity index (χ0) is 14.9. The first-order chi connectivity index (χ1) is 10.3. The minimum atomic E-state index is 0.319.